The van der Waals surface area contributed by atoms with Crippen LogP contribution in [0.5, 0.6) is 5.75 Å². The van der Waals surface area contributed by atoms with Crippen molar-refractivity contribution in [1.29, 1.82) is 0 Å². The van der Waals surface area contributed by atoms with Crippen molar-refractivity contribution in [1.82, 2.24) is 10.2 Å². The van der Waals surface area contributed by atoms with E-state index in [9.17, 15) is 9.59 Å². The Hall–Kier alpha value is -2.04. The first kappa shape index (κ1) is 16.0. The first-order valence-electron chi connectivity index (χ1n) is 6.65. The number of imide groups is 1. The summed E-state index contributed by atoms with van der Waals surface area (Å²) < 4.78 is 5.05. The van der Waals surface area contributed by atoms with Gasteiger partial charge in [0.2, 0.25) is 0 Å². The molecule has 0 atom stereocenters. The highest BCUT2D eigenvalue weighted by Crippen LogP contribution is 2.14. The summed E-state index contributed by atoms with van der Waals surface area (Å²) in [6, 6.07) is 6.09. The molecule has 110 valence electrons. The van der Waals surface area contributed by atoms with Crippen LogP contribution in [0.2, 0.25) is 0 Å². The molecule has 1 rings (SSSR count). The zero-order valence-corrected chi connectivity index (χ0v) is 12.6. The minimum absolute atomic E-state index is 0.0209. The van der Waals surface area contributed by atoms with Gasteiger partial charge >= 0.3 is 6.03 Å². The second-order valence-corrected chi connectivity index (χ2v) is 5.10. The minimum atomic E-state index is -0.379. The number of hydrogen-bond donors (Lipinski definition) is 1. The number of benzene rings is 1. The Balaban J connectivity index is 2.96. The molecule has 0 aromatic heterocycles. The fourth-order valence-electron chi connectivity index (χ4n) is 1.75. The second kappa shape index (κ2) is 6.93. The van der Waals surface area contributed by atoms with Crippen LogP contribution in [-0.2, 0) is 0 Å². The standard InChI is InChI=1S/C15H22N2O3/c1-10(2)16-15(19)17(11(3)4)14(18)12-6-8-13(20-5)9-7-12/h6-11H,1-5H3,(H,16,19). The summed E-state index contributed by atoms with van der Waals surface area (Å²) in [6.07, 6.45) is 0. The van der Waals surface area contributed by atoms with E-state index in [-0.39, 0.29) is 24.0 Å². The fraction of sp³-hybridized carbons (Fsp3) is 0.467. The molecule has 5 nitrogen and oxygen atoms in total. The maximum Gasteiger partial charge on any atom is 0.324 e. The SMILES string of the molecule is COc1ccc(C(=O)N(C(=O)NC(C)C)C(C)C)cc1. The normalized spacial score (nSPS) is 10.6. The molecule has 1 aromatic carbocycles. The molecule has 0 unspecified atom stereocenters. The van der Waals surface area contributed by atoms with Crippen molar-refractivity contribution in [3.63, 3.8) is 0 Å². The lowest BCUT2D eigenvalue weighted by atomic mass is 10.1. The number of amides is 3. The van der Waals surface area contributed by atoms with Crippen molar-refractivity contribution < 1.29 is 14.3 Å². The van der Waals surface area contributed by atoms with Gasteiger partial charge in [0.25, 0.3) is 5.91 Å². The number of hydrogen-bond acceptors (Lipinski definition) is 3. The van der Waals surface area contributed by atoms with Gasteiger partial charge in [-0.15, -0.1) is 0 Å². The summed E-state index contributed by atoms with van der Waals surface area (Å²) in [5, 5.41) is 2.74. The average molecular weight is 278 g/mol. The first-order chi connectivity index (χ1) is 9.36. The van der Waals surface area contributed by atoms with Crippen molar-refractivity contribution in [3.05, 3.63) is 29.8 Å². The number of rotatable bonds is 4. The van der Waals surface area contributed by atoms with Crippen LogP contribution in [0.25, 0.3) is 0 Å². The molecule has 0 fully saturated rings. The van der Waals surface area contributed by atoms with Crippen molar-refractivity contribution in [2.75, 3.05) is 7.11 Å². The molecule has 0 aliphatic heterocycles. The summed E-state index contributed by atoms with van der Waals surface area (Å²) in [7, 11) is 1.56. The number of carbonyl (C=O) groups excluding carboxylic acids is 2. The lowest BCUT2D eigenvalue weighted by molar-refractivity contribution is 0.0760. The molecule has 0 bridgehead atoms. The van der Waals surface area contributed by atoms with Crippen molar-refractivity contribution in [3.8, 4) is 5.75 Å². The molecule has 0 aliphatic rings. The molecule has 20 heavy (non-hydrogen) atoms. The topological polar surface area (TPSA) is 58.6 Å². The van der Waals surface area contributed by atoms with Crippen LogP contribution >= 0.6 is 0 Å². The van der Waals surface area contributed by atoms with Crippen LogP contribution in [0.1, 0.15) is 38.1 Å². The van der Waals surface area contributed by atoms with E-state index in [0.717, 1.165) is 0 Å². The molecule has 5 heteroatoms. The van der Waals surface area contributed by atoms with Crippen LogP contribution in [-0.4, -0.2) is 36.0 Å². The first-order valence-corrected chi connectivity index (χ1v) is 6.65. The minimum Gasteiger partial charge on any atom is -0.497 e. The van der Waals surface area contributed by atoms with Gasteiger partial charge in [-0.1, -0.05) is 0 Å². The monoisotopic (exact) mass is 278 g/mol. The predicted molar refractivity (Wildman–Crippen MR) is 78.0 cm³/mol. The van der Waals surface area contributed by atoms with Gasteiger partial charge in [-0.05, 0) is 52.0 Å². The molecule has 0 aliphatic carbocycles. The van der Waals surface area contributed by atoms with Gasteiger partial charge in [0.15, 0.2) is 0 Å². The van der Waals surface area contributed by atoms with Gasteiger partial charge < -0.3 is 10.1 Å². The maximum atomic E-state index is 12.4. The van der Waals surface area contributed by atoms with E-state index in [2.05, 4.69) is 5.32 Å². The van der Waals surface area contributed by atoms with Crippen LogP contribution < -0.4 is 10.1 Å². The summed E-state index contributed by atoms with van der Waals surface area (Å²) in [6.45, 7) is 7.32. The molecule has 0 saturated heterocycles. The largest absolute Gasteiger partial charge is 0.497 e. The zero-order valence-electron chi connectivity index (χ0n) is 12.6. The third-order valence-electron chi connectivity index (χ3n) is 2.70. The summed E-state index contributed by atoms with van der Waals surface area (Å²) in [5.41, 5.74) is 0.457. The van der Waals surface area contributed by atoms with Crippen LogP contribution in [0, 0.1) is 0 Å². The highest BCUT2D eigenvalue weighted by atomic mass is 16.5. The Labute approximate surface area is 119 Å². The molecule has 0 saturated carbocycles. The summed E-state index contributed by atoms with van der Waals surface area (Å²) in [5.74, 6) is 0.352. The number of nitrogens with one attached hydrogen (secondary N) is 1. The average Bonchev–Trinajstić information content (AvgIpc) is 2.37. The van der Waals surface area contributed by atoms with Gasteiger partial charge in [-0.3, -0.25) is 9.69 Å². The lowest BCUT2D eigenvalue weighted by Gasteiger charge is -2.26. The van der Waals surface area contributed by atoms with Gasteiger partial charge in [0.1, 0.15) is 5.75 Å². The predicted octanol–water partition coefficient (Wildman–Crippen LogP) is 2.66. The Kier molecular flexibility index (Phi) is 5.55. The summed E-state index contributed by atoms with van der Waals surface area (Å²) in [4.78, 5) is 25.8. The van der Waals surface area contributed by atoms with Gasteiger partial charge in [-0.2, -0.15) is 0 Å². The molecule has 1 aromatic rings. The number of ether oxygens (including phenoxy) is 1. The molecule has 0 spiro atoms. The molecular formula is C15H22N2O3. The van der Waals surface area contributed by atoms with E-state index >= 15 is 0 Å². The quantitative estimate of drug-likeness (QED) is 0.921. The van der Waals surface area contributed by atoms with E-state index in [4.69, 9.17) is 4.74 Å². The number of methoxy groups -OCH3 is 1. The van der Waals surface area contributed by atoms with E-state index in [0.29, 0.717) is 11.3 Å². The van der Waals surface area contributed by atoms with E-state index in [1.165, 1.54) is 4.90 Å². The molecular weight excluding hydrogens is 256 g/mol. The molecule has 3 amide bonds. The third kappa shape index (κ3) is 3.98. The van der Waals surface area contributed by atoms with Crippen LogP contribution in [0.4, 0.5) is 4.79 Å². The Morgan fingerprint density at radius 3 is 2.05 bits per heavy atom. The molecule has 0 heterocycles. The van der Waals surface area contributed by atoms with Crippen molar-refractivity contribution in [2.45, 2.75) is 39.8 Å². The van der Waals surface area contributed by atoms with Crippen molar-refractivity contribution >= 4 is 11.9 Å². The van der Waals surface area contributed by atoms with Gasteiger partial charge in [0.05, 0.1) is 7.11 Å². The fourth-order valence-corrected chi connectivity index (χ4v) is 1.75. The Morgan fingerprint density at radius 2 is 1.65 bits per heavy atom. The second-order valence-electron chi connectivity index (χ2n) is 5.10. The number of nitrogens with zero attached hydrogens (tertiary/aromatic N) is 1. The third-order valence-corrected chi connectivity index (χ3v) is 2.70. The smallest absolute Gasteiger partial charge is 0.324 e. The van der Waals surface area contributed by atoms with E-state index < -0.39 is 0 Å². The molecule has 0 radical (unpaired) electrons. The number of urea groups is 1. The molecule has 1 N–H and O–H groups in total. The zero-order chi connectivity index (χ0) is 15.3. The number of carbonyl (C=O) groups is 2. The summed E-state index contributed by atoms with van der Waals surface area (Å²) >= 11 is 0. The van der Waals surface area contributed by atoms with Crippen molar-refractivity contribution in [2.24, 2.45) is 0 Å². The van der Waals surface area contributed by atoms with Crippen LogP contribution in [0.15, 0.2) is 24.3 Å². The van der Waals surface area contributed by atoms with E-state index in [1.807, 2.05) is 13.8 Å². The van der Waals surface area contributed by atoms with Gasteiger partial charge in [-0.25, -0.2) is 4.79 Å². The Bertz CT molecular complexity index is 467. The van der Waals surface area contributed by atoms with Gasteiger partial charge in [0, 0.05) is 17.6 Å². The van der Waals surface area contributed by atoms with E-state index in [1.54, 1.807) is 45.2 Å². The van der Waals surface area contributed by atoms with Crippen LogP contribution in [0.3, 0.4) is 0 Å². The Morgan fingerprint density at radius 1 is 1.10 bits per heavy atom. The highest BCUT2D eigenvalue weighted by molar-refractivity contribution is 6.04. The lowest BCUT2D eigenvalue weighted by Crippen LogP contribution is -2.49. The highest BCUT2D eigenvalue weighted by Gasteiger charge is 2.25. The maximum absolute atomic E-state index is 12.4.